The van der Waals surface area contributed by atoms with Gasteiger partial charge in [-0.1, -0.05) is 59.6 Å². The van der Waals surface area contributed by atoms with E-state index in [-0.39, 0.29) is 16.8 Å². The van der Waals surface area contributed by atoms with Gasteiger partial charge >= 0.3 is 0 Å². The minimum atomic E-state index is -3.72. The maximum atomic E-state index is 12.5. The molecule has 0 spiro atoms. The summed E-state index contributed by atoms with van der Waals surface area (Å²) in [5, 5.41) is 2.24. The van der Waals surface area contributed by atoms with Gasteiger partial charge in [0.05, 0.1) is 11.8 Å². The lowest BCUT2D eigenvalue weighted by Gasteiger charge is -2.18. The van der Waals surface area contributed by atoms with Crippen LogP contribution in [0.25, 0.3) is 0 Å². The van der Waals surface area contributed by atoms with E-state index in [0.717, 1.165) is 5.56 Å². The van der Waals surface area contributed by atoms with E-state index in [1.165, 1.54) is 13.0 Å². The van der Waals surface area contributed by atoms with Crippen LogP contribution >= 0.6 is 23.2 Å². The molecule has 1 N–H and O–H groups in total. The fraction of sp³-hybridized carbons (Fsp3) is 0.278. The summed E-state index contributed by atoms with van der Waals surface area (Å²) in [5.74, 6) is -0.862. The molecule has 0 aliphatic heterocycles. The Hall–Kier alpha value is -1.56. The first-order chi connectivity index (χ1) is 11.7. The van der Waals surface area contributed by atoms with Crippen molar-refractivity contribution in [3.8, 4) is 0 Å². The molecule has 0 heterocycles. The Labute approximate surface area is 158 Å². The lowest BCUT2D eigenvalue weighted by atomic mass is 10.1. The van der Waals surface area contributed by atoms with Crippen LogP contribution in [0, 0.1) is 0 Å². The third-order valence-electron chi connectivity index (χ3n) is 3.94. The van der Waals surface area contributed by atoms with Crippen molar-refractivity contribution in [2.45, 2.75) is 30.9 Å². The van der Waals surface area contributed by atoms with Crippen molar-refractivity contribution in [1.82, 2.24) is 5.32 Å². The van der Waals surface area contributed by atoms with Crippen LogP contribution in [0.5, 0.6) is 0 Å². The lowest BCUT2D eigenvalue weighted by Crippen LogP contribution is -2.39. The molecule has 0 unspecified atom stereocenters. The van der Waals surface area contributed by atoms with Gasteiger partial charge in [0.2, 0.25) is 5.91 Å². The SMILES string of the molecule is C[C@@H](NC(=O)[C@H](C)S(=O)(=O)Cc1ccc(Cl)cc1Cl)c1ccccc1. The molecule has 7 heteroatoms. The Balaban J connectivity index is 2.09. The first-order valence-electron chi connectivity index (χ1n) is 7.71. The average molecular weight is 400 g/mol. The number of rotatable bonds is 6. The molecule has 0 radical (unpaired) electrons. The molecular weight excluding hydrogens is 381 g/mol. The van der Waals surface area contributed by atoms with E-state index in [2.05, 4.69) is 5.32 Å². The first kappa shape index (κ1) is 19.8. The summed E-state index contributed by atoms with van der Waals surface area (Å²) in [6.07, 6.45) is 0. The van der Waals surface area contributed by atoms with E-state index in [9.17, 15) is 13.2 Å². The number of nitrogens with one attached hydrogen (secondary N) is 1. The molecule has 0 aromatic heterocycles. The molecular formula is C18H19Cl2NO3S. The summed E-state index contributed by atoms with van der Waals surface area (Å²) < 4.78 is 25.1. The Morgan fingerprint density at radius 1 is 1.08 bits per heavy atom. The van der Waals surface area contributed by atoms with Crippen LogP contribution in [0.1, 0.15) is 31.0 Å². The highest BCUT2D eigenvalue weighted by Crippen LogP contribution is 2.24. The zero-order valence-electron chi connectivity index (χ0n) is 13.9. The van der Waals surface area contributed by atoms with Gasteiger partial charge in [0, 0.05) is 10.0 Å². The van der Waals surface area contributed by atoms with Crippen LogP contribution in [-0.2, 0) is 20.4 Å². The molecule has 0 fully saturated rings. The van der Waals surface area contributed by atoms with Crippen LogP contribution in [0.3, 0.4) is 0 Å². The number of amides is 1. The summed E-state index contributed by atoms with van der Waals surface area (Å²) in [6.45, 7) is 3.19. The smallest absolute Gasteiger partial charge is 0.238 e. The second kappa shape index (κ2) is 8.21. The zero-order chi connectivity index (χ0) is 18.6. The highest BCUT2D eigenvalue weighted by molar-refractivity contribution is 7.92. The van der Waals surface area contributed by atoms with Gasteiger partial charge in [-0.05, 0) is 37.1 Å². The van der Waals surface area contributed by atoms with Gasteiger partial charge < -0.3 is 5.32 Å². The van der Waals surface area contributed by atoms with E-state index in [1.807, 2.05) is 37.3 Å². The molecule has 0 bridgehead atoms. The van der Waals surface area contributed by atoms with Crippen molar-refractivity contribution < 1.29 is 13.2 Å². The van der Waals surface area contributed by atoms with Crippen LogP contribution < -0.4 is 5.32 Å². The Morgan fingerprint density at radius 3 is 2.32 bits per heavy atom. The van der Waals surface area contributed by atoms with Crippen molar-refractivity contribution in [2.24, 2.45) is 0 Å². The van der Waals surface area contributed by atoms with Crippen molar-refractivity contribution in [1.29, 1.82) is 0 Å². The summed E-state index contributed by atoms with van der Waals surface area (Å²) >= 11 is 11.9. The summed E-state index contributed by atoms with van der Waals surface area (Å²) in [7, 11) is -3.72. The third kappa shape index (κ3) is 5.21. The summed E-state index contributed by atoms with van der Waals surface area (Å²) in [6, 6.07) is 13.7. The molecule has 4 nitrogen and oxygen atoms in total. The predicted octanol–water partition coefficient (Wildman–Crippen LogP) is 4.17. The predicted molar refractivity (Wildman–Crippen MR) is 102 cm³/mol. The van der Waals surface area contributed by atoms with Gasteiger partial charge in [-0.25, -0.2) is 8.42 Å². The molecule has 134 valence electrons. The van der Waals surface area contributed by atoms with Crippen molar-refractivity contribution in [3.05, 3.63) is 69.7 Å². The lowest BCUT2D eigenvalue weighted by molar-refractivity contribution is -0.121. The van der Waals surface area contributed by atoms with E-state index < -0.39 is 21.0 Å². The minimum Gasteiger partial charge on any atom is -0.348 e. The molecule has 0 saturated heterocycles. The van der Waals surface area contributed by atoms with Crippen molar-refractivity contribution in [3.63, 3.8) is 0 Å². The maximum Gasteiger partial charge on any atom is 0.238 e. The van der Waals surface area contributed by atoms with Crippen LogP contribution in [0.15, 0.2) is 48.5 Å². The van der Waals surface area contributed by atoms with Gasteiger partial charge in [-0.2, -0.15) is 0 Å². The highest BCUT2D eigenvalue weighted by atomic mass is 35.5. The fourth-order valence-electron chi connectivity index (χ4n) is 2.30. The maximum absolute atomic E-state index is 12.5. The van der Waals surface area contributed by atoms with Crippen LogP contribution in [-0.4, -0.2) is 19.6 Å². The van der Waals surface area contributed by atoms with E-state index in [4.69, 9.17) is 23.2 Å². The van der Waals surface area contributed by atoms with Gasteiger partial charge in [-0.15, -0.1) is 0 Å². The van der Waals surface area contributed by atoms with Gasteiger partial charge in [0.1, 0.15) is 5.25 Å². The third-order valence-corrected chi connectivity index (χ3v) is 6.53. The molecule has 2 aromatic carbocycles. The number of carbonyl (C=O) groups excluding carboxylic acids is 1. The molecule has 2 aromatic rings. The zero-order valence-corrected chi connectivity index (χ0v) is 16.2. The molecule has 0 aliphatic rings. The van der Waals surface area contributed by atoms with Crippen LogP contribution in [0.4, 0.5) is 0 Å². The first-order valence-corrected chi connectivity index (χ1v) is 10.2. The molecule has 1 amide bonds. The van der Waals surface area contributed by atoms with Crippen molar-refractivity contribution in [2.75, 3.05) is 0 Å². The monoisotopic (exact) mass is 399 g/mol. The summed E-state index contributed by atoms with van der Waals surface area (Å²) in [5.41, 5.74) is 1.32. The quantitative estimate of drug-likeness (QED) is 0.792. The second-order valence-electron chi connectivity index (χ2n) is 5.83. The van der Waals surface area contributed by atoms with Crippen LogP contribution in [0.2, 0.25) is 10.0 Å². The largest absolute Gasteiger partial charge is 0.348 e. The average Bonchev–Trinajstić information content (AvgIpc) is 2.57. The normalized spacial score (nSPS) is 13.9. The van der Waals surface area contributed by atoms with Gasteiger partial charge in [-0.3, -0.25) is 4.79 Å². The molecule has 0 saturated carbocycles. The molecule has 0 aliphatic carbocycles. The Morgan fingerprint density at radius 2 is 1.72 bits per heavy atom. The number of hydrogen-bond donors (Lipinski definition) is 1. The summed E-state index contributed by atoms with van der Waals surface area (Å²) in [4.78, 5) is 12.4. The number of halogens is 2. The fourth-order valence-corrected chi connectivity index (χ4v) is 4.18. The number of sulfone groups is 1. The van der Waals surface area contributed by atoms with Crippen molar-refractivity contribution >= 4 is 38.9 Å². The second-order valence-corrected chi connectivity index (χ2v) is 8.99. The van der Waals surface area contributed by atoms with E-state index in [0.29, 0.717) is 10.6 Å². The van der Waals surface area contributed by atoms with E-state index in [1.54, 1.807) is 12.1 Å². The van der Waals surface area contributed by atoms with E-state index >= 15 is 0 Å². The highest BCUT2D eigenvalue weighted by Gasteiger charge is 2.29. The molecule has 2 rings (SSSR count). The molecule has 2 atom stereocenters. The number of carbonyl (C=O) groups is 1. The topological polar surface area (TPSA) is 63.2 Å². The minimum absolute atomic E-state index is 0.265. The Bertz CT molecular complexity index is 854. The van der Waals surface area contributed by atoms with Gasteiger partial charge in [0.15, 0.2) is 9.84 Å². The standard InChI is InChI=1S/C18H19Cl2NO3S/c1-12(14-6-4-3-5-7-14)21-18(22)13(2)25(23,24)11-15-8-9-16(19)10-17(15)20/h3-10,12-13H,11H2,1-2H3,(H,21,22)/t12-,13+/m1/s1. The number of hydrogen-bond acceptors (Lipinski definition) is 3. The van der Waals surface area contributed by atoms with Gasteiger partial charge in [0.25, 0.3) is 0 Å². The Kier molecular flexibility index (Phi) is 6.49. The number of benzene rings is 2. The molecule has 25 heavy (non-hydrogen) atoms.